The summed E-state index contributed by atoms with van der Waals surface area (Å²) in [4.78, 5) is 12.7. The predicted molar refractivity (Wildman–Crippen MR) is 114 cm³/mol. The number of likely N-dealkylation sites (tertiary alicyclic amines) is 1. The average Bonchev–Trinajstić information content (AvgIpc) is 3.01. The lowest BCUT2D eigenvalue weighted by Gasteiger charge is -2.34. The predicted octanol–water partition coefficient (Wildman–Crippen LogP) is 3.05. The summed E-state index contributed by atoms with van der Waals surface area (Å²) in [6, 6.07) is 0. The third-order valence-corrected chi connectivity index (χ3v) is 4.85. The smallest absolute Gasteiger partial charge is 0.194 e. The number of ether oxygens (including phenoxy) is 2. The van der Waals surface area contributed by atoms with Crippen LogP contribution in [0.3, 0.4) is 0 Å². The molecule has 0 unspecified atom stereocenters. The fourth-order valence-corrected chi connectivity index (χ4v) is 3.44. The Balaban J connectivity index is 0.00000312. The highest BCUT2D eigenvalue weighted by Gasteiger charge is 2.21. The molecular formula is C17H31IN4O2S. The van der Waals surface area contributed by atoms with E-state index >= 15 is 0 Å². The molecule has 1 aliphatic rings. The van der Waals surface area contributed by atoms with E-state index in [1.54, 1.807) is 18.4 Å². The number of methoxy groups -OCH3 is 1. The van der Waals surface area contributed by atoms with Crippen LogP contribution in [-0.2, 0) is 16.0 Å². The van der Waals surface area contributed by atoms with Gasteiger partial charge in [0.05, 0.1) is 12.6 Å². The number of rotatable bonds is 8. The van der Waals surface area contributed by atoms with Crippen LogP contribution in [0.1, 0.15) is 36.1 Å². The summed E-state index contributed by atoms with van der Waals surface area (Å²) in [5.74, 6) is 0.989. The quantitative estimate of drug-likeness (QED) is 0.267. The van der Waals surface area contributed by atoms with Crippen molar-refractivity contribution >= 4 is 41.3 Å². The highest BCUT2D eigenvalue weighted by Crippen LogP contribution is 2.16. The van der Waals surface area contributed by atoms with Crippen molar-refractivity contribution in [3.05, 3.63) is 16.1 Å². The average molecular weight is 482 g/mol. The highest BCUT2D eigenvalue weighted by atomic mass is 127. The van der Waals surface area contributed by atoms with Crippen LogP contribution in [0.2, 0.25) is 0 Å². The molecule has 8 heteroatoms. The highest BCUT2D eigenvalue weighted by molar-refractivity contribution is 14.0. The van der Waals surface area contributed by atoms with Gasteiger partial charge < -0.3 is 19.7 Å². The van der Waals surface area contributed by atoms with E-state index in [1.165, 1.54) is 4.88 Å². The third-order valence-electron chi connectivity index (χ3n) is 3.96. The second kappa shape index (κ2) is 12.8. The Hall–Kier alpha value is -0.450. The largest absolute Gasteiger partial charge is 0.385 e. The molecule has 1 aromatic rings. The molecule has 1 N–H and O–H groups in total. The Morgan fingerprint density at radius 1 is 1.40 bits per heavy atom. The maximum Gasteiger partial charge on any atom is 0.194 e. The lowest BCUT2D eigenvalue weighted by Crippen LogP contribution is -2.47. The molecule has 144 valence electrons. The molecule has 0 spiro atoms. The molecule has 0 aliphatic carbocycles. The zero-order valence-corrected chi connectivity index (χ0v) is 18.6. The van der Waals surface area contributed by atoms with E-state index in [0.29, 0.717) is 12.6 Å². The molecule has 0 atom stereocenters. The molecule has 0 bridgehead atoms. The van der Waals surface area contributed by atoms with Crippen molar-refractivity contribution in [3.63, 3.8) is 0 Å². The summed E-state index contributed by atoms with van der Waals surface area (Å²) in [5, 5.41) is 4.47. The SMILES string of the molecule is CCNC(=NCc1ncc(C)s1)N1CCC(OCCCOC)CC1.I. The van der Waals surface area contributed by atoms with E-state index < -0.39 is 0 Å². The Morgan fingerprint density at radius 2 is 2.16 bits per heavy atom. The minimum Gasteiger partial charge on any atom is -0.385 e. The summed E-state index contributed by atoms with van der Waals surface area (Å²) in [5.41, 5.74) is 0. The second-order valence-corrected chi connectivity index (χ2v) is 7.26. The first-order valence-electron chi connectivity index (χ1n) is 8.78. The molecule has 6 nitrogen and oxygen atoms in total. The lowest BCUT2D eigenvalue weighted by atomic mass is 10.1. The minimum atomic E-state index is 0. The Morgan fingerprint density at radius 3 is 2.76 bits per heavy atom. The molecular weight excluding hydrogens is 451 g/mol. The zero-order chi connectivity index (χ0) is 17.2. The van der Waals surface area contributed by atoms with Gasteiger partial charge in [-0.25, -0.2) is 9.98 Å². The van der Waals surface area contributed by atoms with Gasteiger partial charge in [0.15, 0.2) is 5.96 Å². The van der Waals surface area contributed by atoms with E-state index in [2.05, 4.69) is 29.0 Å². The van der Waals surface area contributed by atoms with Gasteiger partial charge in [-0.15, -0.1) is 35.3 Å². The summed E-state index contributed by atoms with van der Waals surface area (Å²) in [6.07, 6.45) is 5.34. The molecule has 2 rings (SSSR count). The number of nitrogens with one attached hydrogen (secondary N) is 1. The van der Waals surface area contributed by atoms with Crippen molar-refractivity contribution in [3.8, 4) is 0 Å². The number of thiazole rings is 1. The zero-order valence-electron chi connectivity index (χ0n) is 15.5. The van der Waals surface area contributed by atoms with Gasteiger partial charge in [0.2, 0.25) is 0 Å². The monoisotopic (exact) mass is 482 g/mol. The van der Waals surface area contributed by atoms with Gasteiger partial charge in [0, 0.05) is 51.0 Å². The van der Waals surface area contributed by atoms with Gasteiger partial charge in [-0.1, -0.05) is 0 Å². The molecule has 1 fully saturated rings. The van der Waals surface area contributed by atoms with E-state index in [1.807, 2.05) is 6.20 Å². The number of aryl methyl sites for hydroxylation is 1. The number of guanidine groups is 1. The Bertz CT molecular complexity index is 505. The fraction of sp³-hybridized carbons (Fsp3) is 0.765. The van der Waals surface area contributed by atoms with Gasteiger partial charge >= 0.3 is 0 Å². The minimum absolute atomic E-state index is 0. The van der Waals surface area contributed by atoms with Gasteiger partial charge in [-0.3, -0.25) is 0 Å². The van der Waals surface area contributed by atoms with Crippen molar-refractivity contribution < 1.29 is 9.47 Å². The van der Waals surface area contributed by atoms with Crippen LogP contribution in [0.15, 0.2) is 11.2 Å². The number of hydrogen-bond donors (Lipinski definition) is 1. The van der Waals surface area contributed by atoms with Crippen LogP contribution >= 0.6 is 35.3 Å². The maximum atomic E-state index is 5.93. The van der Waals surface area contributed by atoms with Gasteiger partial charge in [0.25, 0.3) is 0 Å². The van der Waals surface area contributed by atoms with E-state index in [9.17, 15) is 0 Å². The van der Waals surface area contributed by atoms with Crippen LogP contribution in [0, 0.1) is 6.92 Å². The summed E-state index contributed by atoms with van der Waals surface area (Å²) < 4.78 is 11.0. The molecule has 2 heterocycles. The van der Waals surface area contributed by atoms with E-state index in [4.69, 9.17) is 14.5 Å². The van der Waals surface area contributed by atoms with Crippen LogP contribution in [0.4, 0.5) is 0 Å². The van der Waals surface area contributed by atoms with Gasteiger partial charge in [-0.2, -0.15) is 0 Å². The van der Waals surface area contributed by atoms with Crippen molar-refractivity contribution in [1.82, 2.24) is 15.2 Å². The van der Waals surface area contributed by atoms with Crippen LogP contribution < -0.4 is 5.32 Å². The Kier molecular flexibility index (Phi) is 11.6. The van der Waals surface area contributed by atoms with Gasteiger partial charge in [0.1, 0.15) is 5.01 Å². The number of nitrogens with zero attached hydrogens (tertiary/aromatic N) is 3. The normalized spacial score (nSPS) is 16.0. The molecule has 0 radical (unpaired) electrons. The molecule has 0 saturated carbocycles. The standard InChI is InChI=1S/C17H30N4O2S.HI/c1-4-18-17(20-13-16-19-12-14(2)24-16)21-8-6-15(7-9-21)23-11-5-10-22-3;/h12,15H,4-11,13H2,1-3H3,(H,18,20);1H. The van der Waals surface area contributed by atoms with Crippen molar-refractivity contribution in [2.45, 2.75) is 45.8 Å². The molecule has 1 aromatic heterocycles. The van der Waals surface area contributed by atoms with Crippen LogP contribution in [-0.4, -0.2) is 61.9 Å². The van der Waals surface area contributed by atoms with Crippen LogP contribution in [0.5, 0.6) is 0 Å². The molecule has 1 aliphatic heterocycles. The Labute approximate surface area is 172 Å². The van der Waals surface area contributed by atoms with Gasteiger partial charge in [-0.05, 0) is 33.1 Å². The molecule has 0 aromatic carbocycles. The lowest BCUT2D eigenvalue weighted by molar-refractivity contribution is 0.00990. The molecule has 1 saturated heterocycles. The summed E-state index contributed by atoms with van der Waals surface area (Å²) in [6.45, 7) is 9.23. The van der Waals surface area contributed by atoms with Crippen LogP contribution in [0.25, 0.3) is 0 Å². The summed E-state index contributed by atoms with van der Waals surface area (Å²) in [7, 11) is 1.73. The molecule has 25 heavy (non-hydrogen) atoms. The first-order chi connectivity index (χ1) is 11.7. The first-order valence-corrected chi connectivity index (χ1v) is 9.59. The number of aromatic nitrogens is 1. The topological polar surface area (TPSA) is 59.0 Å². The fourth-order valence-electron chi connectivity index (χ4n) is 2.73. The van der Waals surface area contributed by atoms with Crippen molar-refractivity contribution in [2.24, 2.45) is 4.99 Å². The molecule has 0 amide bonds. The van der Waals surface area contributed by atoms with Crippen molar-refractivity contribution in [1.29, 1.82) is 0 Å². The third kappa shape index (κ3) is 8.19. The maximum absolute atomic E-state index is 5.93. The summed E-state index contributed by atoms with van der Waals surface area (Å²) >= 11 is 1.71. The first kappa shape index (κ1) is 22.6. The number of hydrogen-bond acceptors (Lipinski definition) is 5. The van der Waals surface area contributed by atoms with Crippen molar-refractivity contribution in [2.75, 3.05) is 40.0 Å². The number of halogens is 1. The number of piperidine rings is 1. The van der Waals surface area contributed by atoms with E-state index in [-0.39, 0.29) is 24.0 Å². The second-order valence-electron chi connectivity index (χ2n) is 5.94. The van der Waals surface area contributed by atoms with E-state index in [0.717, 1.165) is 63.1 Å². The number of aliphatic imine (C=N–C) groups is 1.